The molecule has 0 radical (unpaired) electrons. The van der Waals surface area contributed by atoms with Crippen molar-refractivity contribution in [2.75, 3.05) is 5.32 Å². The molecular formula is C18H14NO5-. The molecule has 0 saturated carbocycles. The topological polar surface area (TPSA) is 95.5 Å². The molecule has 1 N–H and O–H groups in total. The van der Waals surface area contributed by atoms with Crippen molar-refractivity contribution in [1.29, 1.82) is 0 Å². The number of amides is 1. The SMILES string of the molecule is C[C@]1(C(=O)Nc2ccc(C(=O)[O-])cc2)Cc2ccccc2C(=O)O1. The van der Waals surface area contributed by atoms with Crippen LogP contribution in [0.4, 0.5) is 5.69 Å². The number of carbonyl (C=O) groups is 3. The Morgan fingerprint density at radius 2 is 1.79 bits per heavy atom. The smallest absolute Gasteiger partial charge is 0.339 e. The van der Waals surface area contributed by atoms with E-state index in [0.717, 1.165) is 5.56 Å². The summed E-state index contributed by atoms with van der Waals surface area (Å²) < 4.78 is 5.34. The summed E-state index contributed by atoms with van der Waals surface area (Å²) >= 11 is 0. The van der Waals surface area contributed by atoms with Gasteiger partial charge in [0, 0.05) is 12.1 Å². The normalized spacial score (nSPS) is 19.1. The molecule has 2 aromatic carbocycles. The fourth-order valence-electron chi connectivity index (χ4n) is 2.61. The highest BCUT2D eigenvalue weighted by Crippen LogP contribution is 2.29. The van der Waals surface area contributed by atoms with Crippen LogP contribution in [0.15, 0.2) is 48.5 Å². The first-order chi connectivity index (χ1) is 11.4. The molecule has 0 fully saturated rings. The predicted octanol–water partition coefficient (Wildman–Crippen LogP) is 1.16. The number of ether oxygens (including phenoxy) is 1. The zero-order valence-electron chi connectivity index (χ0n) is 12.9. The van der Waals surface area contributed by atoms with Gasteiger partial charge in [-0.3, -0.25) is 4.79 Å². The second kappa shape index (κ2) is 5.81. The second-order valence-corrected chi connectivity index (χ2v) is 5.77. The van der Waals surface area contributed by atoms with Gasteiger partial charge in [-0.25, -0.2) is 4.79 Å². The van der Waals surface area contributed by atoms with E-state index in [1.54, 1.807) is 31.2 Å². The summed E-state index contributed by atoms with van der Waals surface area (Å²) in [5.41, 5.74) is 0.288. The molecule has 0 aromatic heterocycles. The van der Waals surface area contributed by atoms with Crippen molar-refractivity contribution in [2.45, 2.75) is 18.9 Å². The first-order valence-electron chi connectivity index (χ1n) is 7.33. The van der Waals surface area contributed by atoms with E-state index in [1.165, 1.54) is 24.3 Å². The Hall–Kier alpha value is -3.15. The fourth-order valence-corrected chi connectivity index (χ4v) is 2.61. The Labute approximate surface area is 138 Å². The maximum atomic E-state index is 12.5. The maximum absolute atomic E-state index is 12.5. The Kier molecular flexibility index (Phi) is 3.81. The molecule has 0 aliphatic carbocycles. The fraction of sp³-hybridized carbons (Fsp3) is 0.167. The highest BCUT2D eigenvalue weighted by Gasteiger charge is 2.42. The summed E-state index contributed by atoms with van der Waals surface area (Å²) in [7, 11) is 0. The van der Waals surface area contributed by atoms with Crippen molar-refractivity contribution in [3.8, 4) is 0 Å². The minimum atomic E-state index is -1.33. The summed E-state index contributed by atoms with van der Waals surface area (Å²) in [6.45, 7) is 1.55. The van der Waals surface area contributed by atoms with Crippen LogP contribution in [0.5, 0.6) is 0 Å². The molecule has 24 heavy (non-hydrogen) atoms. The molecule has 1 heterocycles. The van der Waals surface area contributed by atoms with E-state index >= 15 is 0 Å². The number of rotatable bonds is 3. The van der Waals surface area contributed by atoms with E-state index < -0.39 is 23.4 Å². The van der Waals surface area contributed by atoms with E-state index in [1.807, 2.05) is 0 Å². The number of carboxylic acids is 1. The van der Waals surface area contributed by atoms with E-state index in [-0.39, 0.29) is 12.0 Å². The van der Waals surface area contributed by atoms with Crippen LogP contribution in [0.25, 0.3) is 0 Å². The Balaban J connectivity index is 1.80. The van der Waals surface area contributed by atoms with Gasteiger partial charge >= 0.3 is 5.97 Å². The van der Waals surface area contributed by atoms with Crippen molar-refractivity contribution >= 4 is 23.5 Å². The molecule has 1 atom stereocenters. The first kappa shape index (κ1) is 15.7. The molecule has 3 rings (SSSR count). The Morgan fingerprint density at radius 3 is 2.46 bits per heavy atom. The minimum absolute atomic E-state index is 0.0113. The molecule has 0 unspecified atom stereocenters. The van der Waals surface area contributed by atoms with Crippen molar-refractivity contribution in [2.24, 2.45) is 0 Å². The number of carbonyl (C=O) groups excluding carboxylic acids is 3. The molecule has 0 spiro atoms. The number of benzene rings is 2. The molecule has 1 aliphatic heterocycles. The summed E-state index contributed by atoms with van der Waals surface area (Å²) in [6.07, 6.45) is 0.262. The Morgan fingerprint density at radius 1 is 1.12 bits per heavy atom. The first-order valence-corrected chi connectivity index (χ1v) is 7.33. The molecule has 0 saturated heterocycles. The number of esters is 1. The lowest BCUT2D eigenvalue weighted by Crippen LogP contribution is -2.48. The van der Waals surface area contributed by atoms with Crippen molar-refractivity contribution in [3.63, 3.8) is 0 Å². The molecule has 1 amide bonds. The number of hydrogen-bond acceptors (Lipinski definition) is 5. The highest BCUT2D eigenvalue weighted by molar-refractivity contribution is 6.02. The van der Waals surface area contributed by atoms with Crippen molar-refractivity contribution in [3.05, 3.63) is 65.2 Å². The van der Waals surface area contributed by atoms with Crippen LogP contribution < -0.4 is 10.4 Å². The van der Waals surface area contributed by atoms with Crippen molar-refractivity contribution in [1.82, 2.24) is 0 Å². The van der Waals surface area contributed by atoms with Crippen LogP contribution >= 0.6 is 0 Å². The van der Waals surface area contributed by atoms with Gasteiger partial charge in [-0.1, -0.05) is 30.3 Å². The number of cyclic esters (lactones) is 1. The quantitative estimate of drug-likeness (QED) is 0.855. The van der Waals surface area contributed by atoms with Gasteiger partial charge in [-0.15, -0.1) is 0 Å². The lowest BCUT2D eigenvalue weighted by molar-refractivity contribution is -0.255. The van der Waals surface area contributed by atoms with Gasteiger partial charge in [0.1, 0.15) is 0 Å². The standard InChI is InChI=1S/C18H15NO5/c1-18(10-12-4-2-3-5-14(12)16(22)24-18)17(23)19-13-8-6-11(7-9-13)15(20)21/h2-9H,10H2,1H3,(H,19,23)(H,20,21)/p-1/t18-/m1/s1. The third-order valence-corrected chi connectivity index (χ3v) is 3.94. The van der Waals surface area contributed by atoms with Crippen LogP contribution in [-0.4, -0.2) is 23.4 Å². The summed E-state index contributed by atoms with van der Waals surface area (Å²) in [4.78, 5) is 35.4. The number of aromatic carboxylic acids is 1. The second-order valence-electron chi connectivity index (χ2n) is 5.77. The van der Waals surface area contributed by atoms with Gasteiger partial charge in [-0.05, 0) is 36.2 Å². The van der Waals surface area contributed by atoms with Gasteiger partial charge in [0.15, 0.2) is 5.60 Å². The van der Waals surface area contributed by atoms with E-state index in [2.05, 4.69) is 5.32 Å². The highest BCUT2D eigenvalue weighted by atomic mass is 16.6. The monoisotopic (exact) mass is 324 g/mol. The van der Waals surface area contributed by atoms with Crippen molar-refractivity contribution < 1.29 is 24.2 Å². The number of hydrogen-bond donors (Lipinski definition) is 1. The zero-order chi connectivity index (χ0) is 17.3. The Bertz CT molecular complexity index is 828. The molecule has 6 heteroatoms. The third kappa shape index (κ3) is 2.86. The van der Waals surface area contributed by atoms with Gasteiger partial charge in [0.2, 0.25) is 0 Å². The largest absolute Gasteiger partial charge is 0.545 e. The number of fused-ring (bicyclic) bond motifs is 1. The van der Waals surface area contributed by atoms with Crippen LogP contribution in [-0.2, 0) is 16.0 Å². The van der Waals surface area contributed by atoms with Crippen LogP contribution in [0, 0.1) is 0 Å². The van der Waals surface area contributed by atoms with E-state index in [0.29, 0.717) is 11.3 Å². The number of carboxylic acid groups (broad SMARTS) is 1. The summed E-state index contributed by atoms with van der Waals surface area (Å²) in [5, 5.41) is 13.4. The molecule has 122 valence electrons. The average molecular weight is 324 g/mol. The van der Waals surface area contributed by atoms with E-state index in [9.17, 15) is 19.5 Å². The molecule has 6 nitrogen and oxygen atoms in total. The number of anilines is 1. The van der Waals surface area contributed by atoms with Gasteiger partial charge in [0.05, 0.1) is 11.5 Å². The summed E-state index contributed by atoms with van der Waals surface area (Å²) in [6, 6.07) is 12.5. The van der Waals surface area contributed by atoms with Gasteiger partial charge in [0.25, 0.3) is 5.91 Å². The molecule has 2 aromatic rings. The maximum Gasteiger partial charge on any atom is 0.339 e. The predicted molar refractivity (Wildman–Crippen MR) is 83.4 cm³/mol. The van der Waals surface area contributed by atoms with Crippen LogP contribution in [0.3, 0.4) is 0 Å². The van der Waals surface area contributed by atoms with E-state index in [4.69, 9.17) is 4.74 Å². The molecular weight excluding hydrogens is 310 g/mol. The van der Waals surface area contributed by atoms with Gasteiger partial charge in [-0.2, -0.15) is 0 Å². The van der Waals surface area contributed by atoms with Gasteiger partial charge < -0.3 is 20.0 Å². The zero-order valence-corrected chi connectivity index (χ0v) is 12.9. The van der Waals surface area contributed by atoms with Crippen LogP contribution in [0.2, 0.25) is 0 Å². The average Bonchev–Trinajstić information content (AvgIpc) is 2.55. The van der Waals surface area contributed by atoms with Crippen LogP contribution in [0.1, 0.15) is 33.2 Å². The number of nitrogens with one attached hydrogen (secondary N) is 1. The summed E-state index contributed by atoms with van der Waals surface area (Å²) in [5.74, 6) is -2.31. The third-order valence-electron chi connectivity index (χ3n) is 3.94. The molecule has 1 aliphatic rings. The lowest BCUT2D eigenvalue weighted by Gasteiger charge is -2.33. The lowest BCUT2D eigenvalue weighted by atomic mass is 9.89. The molecule has 0 bridgehead atoms. The minimum Gasteiger partial charge on any atom is -0.545 e.